The molecule has 2 aromatic rings. The standard InChI is InChI=1S/C16H19N3O2S/c20-16(13-4-6-22-11-13)18-7-14-3-5-17-19(14)9-15(8-18)21-10-12-1-2-12/h3-6,11-12,15H,1-2,7-10H2. The van der Waals surface area contributed by atoms with Gasteiger partial charge in [-0.2, -0.15) is 16.4 Å². The Bertz CT molecular complexity index is 648. The van der Waals surface area contributed by atoms with Crippen molar-refractivity contribution in [2.24, 2.45) is 5.92 Å². The van der Waals surface area contributed by atoms with Crippen molar-refractivity contribution in [2.75, 3.05) is 13.2 Å². The summed E-state index contributed by atoms with van der Waals surface area (Å²) >= 11 is 1.55. The van der Waals surface area contributed by atoms with Crippen molar-refractivity contribution < 1.29 is 9.53 Å². The minimum Gasteiger partial charge on any atom is -0.374 e. The van der Waals surface area contributed by atoms with Gasteiger partial charge in [0.2, 0.25) is 0 Å². The van der Waals surface area contributed by atoms with Gasteiger partial charge < -0.3 is 9.64 Å². The molecule has 1 saturated carbocycles. The lowest BCUT2D eigenvalue weighted by Crippen LogP contribution is -2.37. The largest absolute Gasteiger partial charge is 0.374 e. The highest BCUT2D eigenvalue weighted by atomic mass is 32.1. The summed E-state index contributed by atoms with van der Waals surface area (Å²) < 4.78 is 8.03. The molecule has 1 atom stereocenters. The average molecular weight is 317 g/mol. The van der Waals surface area contributed by atoms with Gasteiger partial charge in [-0.15, -0.1) is 0 Å². The van der Waals surface area contributed by atoms with E-state index in [1.807, 2.05) is 32.5 Å². The summed E-state index contributed by atoms with van der Waals surface area (Å²) in [4.78, 5) is 14.6. The maximum absolute atomic E-state index is 12.7. The summed E-state index contributed by atoms with van der Waals surface area (Å²) in [5.74, 6) is 0.803. The summed E-state index contributed by atoms with van der Waals surface area (Å²) in [5, 5.41) is 8.22. The van der Waals surface area contributed by atoms with Crippen molar-refractivity contribution in [3.05, 3.63) is 40.3 Å². The fraction of sp³-hybridized carbons (Fsp3) is 0.500. The third kappa shape index (κ3) is 2.94. The topological polar surface area (TPSA) is 47.4 Å². The first kappa shape index (κ1) is 14.0. The summed E-state index contributed by atoms with van der Waals surface area (Å²) in [7, 11) is 0. The second kappa shape index (κ2) is 5.85. The summed E-state index contributed by atoms with van der Waals surface area (Å²) in [5.41, 5.74) is 1.83. The number of aromatic nitrogens is 2. The van der Waals surface area contributed by atoms with E-state index >= 15 is 0 Å². The molecule has 5 nitrogen and oxygen atoms in total. The van der Waals surface area contributed by atoms with Crippen LogP contribution < -0.4 is 0 Å². The zero-order valence-corrected chi connectivity index (χ0v) is 13.2. The number of carbonyl (C=O) groups excluding carboxylic acids is 1. The van der Waals surface area contributed by atoms with Crippen LogP contribution in [0.25, 0.3) is 0 Å². The highest BCUT2D eigenvalue weighted by Gasteiger charge is 2.29. The molecular weight excluding hydrogens is 298 g/mol. The lowest BCUT2D eigenvalue weighted by molar-refractivity contribution is 0.0137. The van der Waals surface area contributed by atoms with Gasteiger partial charge in [0.15, 0.2) is 0 Å². The Balaban J connectivity index is 1.53. The van der Waals surface area contributed by atoms with Crippen LogP contribution >= 0.6 is 11.3 Å². The maximum Gasteiger partial charge on any atom is 0.255 e. The molecule has 22 heavy (non-hydrogen) atoms. The molecule has 116 valence electrons. The molecule has 6 heteroatoms. The van der Waals surface area contributed by atoms with Crippen LogP contribution in [0.4, 0.5) is 0 Å². The minimum atomic E-state index is 0.0179. The molecule has 1 unspecified atom stereocenters. The van der Waals surface area contributed by atoms with Gasteiger partial charge in [-0.3, -0.25) is 9.48 Å². The van der Waals surface area contributed by atoms with Gasteiger partial charge in [-0.05, 0) is 36.3 Å². The van der Waals surface area contributed by atoms with E-state index in [-0.39, 0.29) is 12.0 Å². The number of thiophene rings is 1. The van der Waals surface area contributed by atoms with Crippen molar-refractivity contribution in [3.8, 4) is 0 Å². The minimum absolute atomic E-state index is 0.0179. The third-order valence-corrected chi connectivity index (χ3v) is 4.96. The van der Waals surface area contributed by atoms with Gasteiger partial charge in [-0.1, -0.05) is 0 Å². The second-order valence-corrected chi connectivity index (χ2v) is 6.88. The van der Waals surface area contributed by atoms with Crippen molar-refractivity contribution in [1.29, 1.82) is 0 Å². The molecule has 2 aliphatic rings. The number of nitrogens with zero attached hydrogens (tertiary/aromatic N) is 3. The van der Waals surface area contributed by atoms with E-state index in [4.69, 9.17) is 4.74 Å². The highest BCUT2D eigenvalue weighted by Crippen LogP contribution is 2.29. The lowest BCUT2D eigenvalue weighted by Gasteiger charge is -2.24. The molecule has 1 fully saturated rings. The molecule has 1 amide bonds. The summed E-state index contributed by atoms with van der Waals surface area (Å²) in [6.07, 6.45) is 4.37. The van der Waals surface area contributed by atoms with E-state index < -0.39 is 0 Å². The van der Waals surface area contributed by atoms with Crippen LogP contribution in [0, 0.1) is 5.92 Å². The van der Waals surface area contributed by atoms with Crippen LogP contribution in [-0.2, 0) is 17.8 Å². The van der Waals surface area contributed by atoms with Gasteiger partial charge in [0, 0.05) is 24.7 Å². The van der Waals surface area contributed by atoms with E-state index in [1.165, 1.54) is 12.8 Å². The van der Waals surface area contributed by atoms with Crippen LogP contribution in [0.5, 0.6) is 0 Å². The van der Waals surface area contributed by atoms with Crippen LogP contribution in [-0.4, -0.2) is 39.8 Å². The molecule has 1 aliphatic carbocycles. The van der Waals surface area contributed by atoms with Crippen molar-refractivity contribution in [2.45, 2.75) is 32.0 Å². The number of rotatable bonds is 4. The quantitative estimate of drug-likeness (QED) is 0.870. The molecule has 0 saturated heterocycles. The first-order valence-corrected chi connectivity index (χ1v) is 8.67. The molecule has 0 spiro atoms. The van der Waals surface area contributed by atoms with E-state index in [0.29, 0.717) is 13.1 Å². The van der Waals surface area contributed by atoms with Crippen molar-refractivity contribution in [3.63, 3.8) is 0 Å². The Morgan fingerprint density at radius 2 is 2.27 bits per heavy atom. The first-order chi connectivity index (χ1) is 10.8. The third-order valence-electron chi connectivity index (χ3n) is 4.28. The number of hydrogen-bond acceptors (Lipinski definition) is 4. The maximum atomic E-state index is 12.7. The van der Waals surface area contributed by atoms with Gasteiger partial charge in [-0.25, -0.2) is 0 Å². The van der Waals surface area contributed by atoms with Crippen LogP contribution in [0.15, 0.2) is 29.1 Å². The molecule has 0 aromatic carbocycles. The SMILES string of the molecule is O=C(c1ccsc1)N1Cc2ccnn2CC(OCC2CC2)C1. The Morgan fingerprint density at radius 3 is 3.05 bits per heavy atom. The predicted octanol–water partition coefficient (Wildman–Crippen LogP) is 2.40. The van der Waals surface area contributed by atoms with Crippen molar-refractivity contribution >= 4 is 17.2 Å². The Kier molecular flexibility index (Phi) is 3.72. The first-order valence-electron chi connectivity index (χ1n) is 7.73. The van der Waals surface area contributed by atoms with Gasteiger partial charge in [0.1, 0.15) is 0 Å². The molecule has 0 radical (unpaired) electrons. The van der Waals surface area contributed by atoms with Gasteiger partial charge in [0.05, 0.1) is 30.5 Å². The van der Waals surface area contributed by atoms with Crippen molar-refractivity contribution in [1.82, 2.24) is 14.7 Å². The van der Waals surface area contributed by atoms with E-state index in [1.54, 1.807) is 17.5 Å². The highest BCUT2D eigenvalue weighted by molar-refractivity contribution is 7.08. The van der Waals surface area contributed by atoms with Gasteiger partial charge >= 0.3 is 0 Å². The number of ether oxygens (including phenoxy) is 1. The lowest BCUT2D eigenvalue weighted by atomic mass is 10.2. The molecule has 0 N–H and O–H groups in total. The fourth-order valence-corrected chi connectivity index (χ4v) is 3.43. The number of amides is 1. The second-order valence-electron chi connectivity index (χ2n) is 6.10. The molecular formula is C16H19N3O2S. The van der Waals surface area contributed by atoms with E-state index in [9.17, 15) is 4.79 Å². The van der Waals surface area contributed by atoms with Crippen LogP contribution in [0.2, 0.25) is 0 Å². The smallest absolute Gasteiger partial charge is 0.255 e. The summed E-state index contributed by atoms with van der Waals surface area (Å²) in [6, 6.07) is 3.87. The normalized spacial score (nSPS) is 21.5. The van der Waals surface area contributed by atoms with Crippen LogP contribution in [0.1, 0.15) is 28.9 Å². The molecule has 3 heterocycles. The Labute approximate surface area is 133 Å². The van der Waals surface area contributed by atoms with E-state index in [2.05, 4.69) is 5.10 Å². The van der Waals surface area contributed by atoms with Crippen LogP contribution in [0.3, 0.4) is 0 Å². The number of fused-ring (bicyclic) bond motifs is 1. The number of carbonyl (C=O) groups is 1. The molecule has 1 aliphatic heterocycles. The Morgan fingerprint density at radius 1 is 1.36 bits per heavy atom. The van der Waals surface area contributed by atoms with Gasteiger partial charge in [0.25, 0.3) is 5.91 Å². The molecule has 2 aromatic heterocycles. The van der Waals surface area contributed by atoms with E-state index in [0.717, 1.165) is 30.3 Å². The fourth-order valence-electron chi connectivity index (χ4n) is 2.80. The predicted molar refractivity (Wildman–Crippen MR) is 83.8 cm³/mol. The Hall–Kier alpha value is -1.66. The monoisotopic (exact) mass is 317 g/mol. The zero-order valence-electron chi connectivity index (χ0n) is 12.4. The summed E-state index contributed by atoms with van der Waals surface area (Å²) in [6.45, 7) is 2.76. The molecule has 4 rings (SSSR count). The average Bonchev–Trinajstić information content (AvgIpc) is 3.05. The zero-order chi connectivity index (χ0) is 14.9. The number of hydrogen-bond donors (Lipinski definition) is 0. The molecule has 0 bridgehead atoms.